The van der Waals surface area contributed by atoms with Crippen LogP contribution in [0, 0.1) is 18.6 Å². The maximum absolute atomic E-state index is 13.3. The third-order valence-corrected chi connectivity index (χ3v) is 1.72. The van der Waals surface area contributed by atoms with Gasteiger partial charge in [0, 0.05) is 11.1 Å². The summed E-state index contributed by atoms with van der Waals surface area (Å²) >= 11 is 0. The largest absolute Gasteiger partial charge is 0.369 e. The zero-order chi connectivity index (χ0) is 11.4. The van der Waals surface area contributed by atoms with Gasteiger partial charge in [-0.25, -0.2) is 8.78 Å². The molecule has 0 spiro atoms. The lowest BCUT2D eigenvalue weighted by Gasteiger charge is -2.00. The van der Waals surface area contributed by atoms with Crippen LogP contribution < -0.4 is 11.5 Å². The molecule has 80 valence electrons. The zero-order valence-electron chi connectivity index (χ0n) is 8.04. The lowest BCUT2D eigenvalue weighted by atomic mass is 10.1. The van der Waals surface area contributed by atoms with Crippen molar-refractivity contribution >= 4 is 12.2 Å². The van der Waals surface area contributed by atoms with Crippen molar-refractivity contribution in [2.45, 2.75) is 6.92 Å². The molecule has 0 bridgehead atoms. The second kappa shape index (κ2) is 4.50. The van der Waals surface area contributed by atoms with Gasteiger partial charge in [0.2, 0.25) is 5.96 Å². The summed E-state index contributed by atoms with van der Waals surface area (Å²) in [5.41, 5.74) is 10.1. The smallest absolute Gasteiger partial charge is 0.211 e. The van der Waals surface area contributed by atoms with Gasteiger partial charge >= 0.3 is 0 Å². The van der Waals surface area contributed by atoms with Crippen LogP contribution in [0.15, 0.2) is 22.3 Å². The molecule has 1 aromatic carbocycles. The minimum absolute atomic E-state index is 0.0661. The molecule has 0 aliphatic carbocycles. The number of rotatable bonds is 2. The zero-order valence-corrected chi connectivity index (χ0v) is 8.04. The Morgan fingerprint density at radius 1 is 1.33 bits per heavy atom. The molecule has 0 aliphatic rings. The highest BCUT2D eigenvalue weighted by Gasteiger charge is 2.07. The third kappa shape index (κ3) is 2.73. The standard InChI is InChI=1S/C9H10F2N4/c1-5-7(10)3-2-6(8(5)11)4-14-15-9(12)13/h2-4H,1H3,(H4,12,13,15). The number of hydrogen-bond acceptors (Lipinski definition) is 2. The minimum atomic E-state index is -0.676. The Morgan fingerprint density at radius 3 is 2.60 bits per heavy atom. The van der Waals surface area contributed by atoms with Gasteiger partial charge in [0.05, 0.1) is 6.21 Å². The minimum Gasteiger partial charge on any atom is -0.369 e. The van der Waals surface area contributed by atoms with Crippen LogP contribution in [-0.2, 0) is 0 Å². The predicted molar refractivity (Wildman–Crippen MR) is 54.5 cm³/mol. The van der Waals surface area contributed by atoms with Gasteiger partial charge in [-0.05, 0) is 19.1 Å². The van der Waals surface area contributed by atoms with Crippen LogP contribution in [0.25, 0.3) is 0 Å². The Morgan fingerprint density at radius 2 is 2.00 bits per heavy atom. The third-order valence-electron chi connectivity index (χ3n) is 1.72. The van der Waals surface area contributed by atoms with E-state index in [-0.39, 0.29) is 17.1 Å². The quantitative estimate of drug-likeness (QED) is 0.433. The van der Waals surface area contributed by atoms with Crippen molar-refractivity contribution in [3.63, 3.8) is 0 Å². The molecule has 6 heteroatoms. The average molecular weight is 212 g/mol. The van der Waals surface area contributed by atoms with E-state index in [1.807, 2.05) is 0 Å². The molecule has 0 fully saturated rings. The number of halogens is 2. The number of nitrogens with two attached hydrogens (primary N) is 2. The first kappa shape index (κ1) is 11.1. The Hall–Kier alpha value is -1.98. The fourth-order valence-electron chi connectivity index (χ4n) is 0.940. The van der Waals surface area contributed by atoms with Crippen molar-refractivity contribution < 1.29 is 8.78 Å². The van der Waals surface area contributed by atoms with E-state index in [9.17, 15) is 8.78 Å². The molecule has 4 N–H and O–H groups in total. The molecule has 4 nitrogen and oxygen atoms in total. The van der Waals surface area contributed by atoms with Crippen LogP contribution in [0.5, 0.6) is 0 Å². The summed E-state index contributed by atoms with van der Waals surface area (Å²) in [7, 11) is 0. The van der Waals surface area contributed by atoms with E-state index in [4.69, 9.17) is 11.5 Å². The van der Waals surface area contributed by atoms with Crippen LogP contribution in [0.2, 0.25) is 0 Å². The van der Waals surface area contributed by atoms with Gasteiger partial charge in [-0.2, -0.15) is 5.10 Å². The lowest BCUT2D eigenvalue weighted by Crippen LogP contribution is -2.21. The van der Waals surface area contributed by atoms with Crippen LogP contribution in [0.4, 0.5) is 8.78 Å². The molecule has 0 saturated heterocycles. The normalized spacial score (nSPS) is 10.6. The van der Waals surface area contributed by atoms with Gasteiger partial charge in [0.25, 0.3) is 0 Å². The molecule has 15 heavy (non-hydrogen) atoms. The van der Waals surface area contributed by atoms with Gasteiger partial charge in [-0.3, -0.25) is 0 Å². The van der Waals surface area contributed by atoms with Crippen LogP contribution >= 0.6 is 0 Å². The molecular weight excluding hydrogens is 202 g/mol. The van der Waals surface area contributed by atoms with E-state index in [1.54, 1.807) is 0 Å². The summed E-state index contributed by atoms with van der Waals surface area (Å²) in [6.45, 7) is 1.34. The number of nitrogens with zero attached hydrogens (tertiary/aromatic N) is 2. The molecule has 0 aliphatic heterocycles. The van der Waals surface area contributed by atoms with E-state index in [0.717, 1.165) is 12.3 Å². The highest BCUT2D eigenvalue weighted by Crippen LogP contribution is 2.14. The molecule has 0 saturated carbocycles. The summed E-state index contributed by atoms with van der Waals surface area (Å²) in [5, 5.41) is 6.72. The molecule has 0 unspecified atom stereocenters. The number of hydrogen-bond donors (Lipinski definition) is 2. The van der Waals surface area contributed by atoms with Crippen molar-refractivity contribution in [2.75, 3.05) is 0 Å². The van der Waals surface area contributed by atoms with Crippen molar-refractivity contribution in [1.82, 2.24) is 0 Å². The van der Waals surface area contributed by atoms with Crippen molar-refractivity contribution in [2.24, 2.45) is 21.7 Å². The second-order valence-electron chi connectivity index (χ2n) is 2.85. The number of guanidine groups is 1. The predicted octanol–water partition coefficient (Wildman–Crippen LogP) is 0.881. The Labute approximate surface area is 85.3 Å². The van der Waals surface area contributed by atoms with Crippen molar-refractivity contribution in [3.8, 4) is 0 Å². The Balaban J connectivity index is 3.02. The molecule has 0 heterocycles. The van der Waals surface area contributed by atoms with Gasteiger partial charge in [-0.15, -0.1) is 5.10 Å². The molecule has 1 rings (SSSR count). The fourth-order valence-corrected chi connectivity index (χ4v) is 0.940. The summed E-state index contributed by atoms with van der Waals surface area (Å²) in [5.74, 6) is -1.51. The lowest BCUT2D eigenvalue weighted by molar-refractivity contribution is 0.567. The average Bonchev–Trinajstić information content (AvgIpc) is 2.18. The second-order valence-corrected chi connectivity index (χ2v) is 2.85. The van der Waals surface area contributed by atoms with Crippen molar-refractivity contribution in [1.29, 1.82) is 0 Å². The number of benzene rings is 1. The Bertz CT molecular complexity index is 422. The van der Waals surface area contributed by atoms with E-state index in [2.05, 4.69) is 10.2 Å². The summed E-state index contributed by atoms with van der Waals surface area (Å²) in [6, 6.07) is 2.40. The maximum atomic E-state index is 13.3. The summed E-state index contributed by atoms with van der Waals surface area (Å²) < 4.78 is 26.2. The van der Waals surface area contributed by atoms with E-state index in [1.165, 1.54) is 13.0 Å². The molecule has 0 atom stereocenters. The van der Waals surface area contributed by atoms with E-state index >= 15 is 0 Å². The first-order valence-electron chi connectivity index (χ1n) is 4.09. The van der Waals surface area contributed by atoms with E-state index < -0.39 is 11.6 Å². The monoisotopic (exact) mass is 212 g/mol. The van der Waals surface area contributed by atoms with Gasteiger partial charge in [0.1, 0.15) is 11.6 Å². The highest BCUT2D eigenvalue weighted by atomic mass is 19.1. The van der Waals surface area contributed by atoms with Crippen molar-refractivity contribution in [3.05, 3.63) is 34.9 Å². The highest BCUT2D eigenvalue weighted by molar-refractivity contribution is 5.82. The molecule has 0 aromatic heterocycles. The molecule has 0 amide bonds. The fraction of sp³-hybridized carbons (Fsp3) is 0.111. The first-order chi connectivity index (χ1) is 7.02. The summed E-state index contributed by atoms with van der Waals surface area (Å²) in [4.78, 5) is 0. The van der Waals surface area contributed by atoms with Crippen LogP contribution in [-0.4, -0.2) is 12.2 Å². The van der Waals surface area contributed by atoms with Crippen LogP contribution in [0.3, 0.4) is 0 Å². The Kier molecular flexibility index (Phi) is 3.33. The van der Waals surface area contributed by atoms with Crippen LogP contribution in [0.1, 0.15) is 11.1 Å². The maximum Gasteiger partial charge on any atom is 0.211 e. The molecule has 0 radical (unpaired) electrons. The topological polar surface area (TPSA) is 76.8 Å². The SMILES string of the molecule is Cc1c(F)ccc(C=NN=C(N)N)c1F. The molecular formula is C9H10F2N4. The van der Waals surface area contributed by atoms with Gasteiger partial charge in [-0.1, -0.05) is 0 Å². The first-order valence-corrected chi connectivity index (χ1v) is 4.09. The summed E-state index contributed by atoms with van der Waals surface area (Å²) in [6.07, 6.45) is 1.11. The van der Waals surface area contributed by atoms with Gasteiger partial charge < -0.3 is 11.5 Å². The van der Waals surface area contributed by atoms with E-state index in [0.29, 0.717) is 0 Å². The van der Waals surface area contributed by atoms with Gasteiger partial charge in [0.15, 0.2) is 0 Å². The molecule has 1 aromatic rings.